The Morgan fingerprint density at radius 1 is 0.818 bits per heavy atom. The minimum Gasteiger partial charge on any atom is -0.289 e. The van der Waals surface area contributed by atoms with Crippen LogP contribution in [0.5, 0.6) is 0 Å². The maximum absolute atomic E-state index is 14.4. The molecule has 0 N–H and O–H groups in total. The molecule has 0 aromatic heterocycles. The van der Waals surface area contributed by atoms with Crippen molar-refractivity contribution in [3.8, 4) is 11.1 Å². The van der Waals surface area contributed by atoms with E-state index in [-0.39, 0.29) is 17.5 Å². The number of carbonyl (C=O) groups is 1. The number of thioether (sulfide) groups is 2. The minimum atomic E-state index is -0.326. The maximum Gasteiger partial charge on any atom is 0.192 e. The molecule has 1 nitrogen and oxygen atoms in total. The molecule has 5 heteroatoms. The van der Waals surface area contributed by atoms with Crippen LogP contribution < -0.4 is 0 Å². The molecule has 0 spiro atoms. The molecule has 0 amide bonds. The van der Waals surface area contributed by atoms with Gasteiger partial charge in [0.05, 0.1) is 4.24 Å². The van der Waals surface area contributed by atoms with Gasteiger partial charge in [-0.2, -0.15) is 0 Å². The summed E-state index contributed by atoms with van der Waals surface area (Å²) in [6, 6.07) is 24.4. The van der Waals surface area contributed by atoms with Crippen molar-refractivity contribution in [3.63, 3.8) is 0 Å². The summed E-state index contributed by atoms with van der Waals surface area (Å²) in [6.45, 7) is 0. The number of halogens is 2. The molecule has 2 aliphatic rings. The normalized spacial score (nSPS) is 17.3. The van der Waals surface area contributed by atoms with Crippen molar-refractivity contribution in [3.05, 3.63) is 127 Å². The zero-order chi connectivity index (χ0) is 22.5. The van der Waals surface area contributed by atoms with Crippen LogP contribution in [0.15, 0.2) is 99.5 Å². The molecular formula is C28H16ClFOS2. The third kappa shape index (κ3) is 3.45. The topological polar surface area (TPSA) is 17.1 Å². The summed E-state index contributed by atoms with van der Waals surface area (Å²) < 4.78 is 15.4. The molecule has 0 fully saturated rings. The second kappa shape index (κ2) is 8.21. The third-order valence-electron chi connectivity index (χ3n) is 6.10. The van der Waals surface area contributed by atoms with E-state index in [1.54, 1.807) is 29.6 Å². The Balaban J connectivity index is 1.73. The van der Waals surface area contributed by atoms with Gasteiger partial charge in [0.25, 0.3) is 0 Å². The first kappa shape index (κ1) is 20.8. The molecule has 4 aromatic rings. The van der Waals surface area contributed by atoms with E-state index in [1.165, 1.54) is 12.1 Å². The predicted molar refractivity (Wildman–Crippen MR) is 138 cm³/mol. The zero-order valence-electron chi connectivity index (χ0n) is 17.2. The number of hydrogen-bond acceptors (Lipinski definition) is 3. The van der Waals surface area contributed by atoms with Crippen LogP contribution >= 0.6 is 35.1 Å². The van der Waals surface area contributed by atoms with Gasteiger partial charge in [-0.15, -0.1) is 0 Å². The molecule has 1 atom stereocenters. The van der Waals surface area contributed by atoms with Crippen molar-refractivity contribution in [2.45, 2.75) is 5.92 Å². The number of carbonyl (C=O) groups excluding carboxylic acids is 1. The van der Waals surface area contributed by atoms with E-state index in [0.717, 1.165) is 42.8 Å². The van der Waals surface area contributed by atoms with Gasteiger partial charge in [-0.3, -0.25) is 4.79 Å². The van der Waals surface area contributed by atoms with Crippen LogP contribution in [0.2, 0.25) is 5.02 Å². The summed E-state index contributed by atoms with van der Waals surface area (Å²) in [5.41, 5.74) is 5.10. The minimum absolute atomic E-state index is 0.00802. The fraction of sp³-hybridized carbons (Fsp3) is 0.0357. The zero-order valence-corrected chi connectivity index (χ0v) is 19.6. The highest BCUT2D eigenvalue weighted by Crippen LogP contribution is 2.53. The lowest BCUT2D eigenvalue weighted by atomic mass is 9.86. The summed E-state index contributed by atoms with van der Waals surface area (Å²) >= 11 is 9.33. The van der Waals surface area contributed by atoms with Crippen LogP contribution in [0.4, 0.5) is 4.39 Å². The Kier molecular flexibility index (Phi) is 5.17. The maximum atomic E-state index is 14.4. The molecule has 33 heavy (non-hydrogen) atoms. The number of benzene rings is 4. The summed E-state index contributed by atoms with van der Waals surface area (Å²) in [6.07, 6.45) is 0. The van der Waals surface area contributed by atoms with E-state index in [0.29, 0.717) is 10.6 Å². The first-order valence-corrected chi connectivity index (χ1v) is 12.6. The van der Waals surface area contributed by atoms with E-state index >= 15 is 0 Å². The highest BCUT2D eigenvalue weighted by Gasteiger charge is 2.41. The predicted octanol–water partition coefficient (Wildman–Crippen LogP) is 8.79. The largest absolute Gasteiger partial charge is 0.289 e. The number of allylic oxidation sites excluding steroid dienone is 1. The second-order valence-electron chi connectivity index (χ2n) is 7.97. The van der Waals surface area contributed by atoms with Crippen molar-refractivity contribution in [1.29, 1.82) is 0 Å². The van der Waals surface area contributed by atoms with Crippen LogP contribution in [0.1, 0.15) is 27.4 Å². The molecule has 1 aliphatic carbocycles. The Morgan fingerprint density at radius 2 is 1.55 bits per heavy atom. The highest BCUT2D eigenvalue weighted by molar-refractivity contribution is 8.27. The van der Waals surface area contributed by atoms with Gasteiger partial charge in [0, 0.05) is 27.6 Å². The fourth-order valence-corrected chi connectivity index (χ4v) is 6.78. The quantitative estimate of drug-likeness (QED) is 0.263. The van der Waals surface area contributed by atoms with Gasteiger partial charge in [0.1, 0.15) is 5.82 Å². The number of Topliss-reactive ketones (excluding diaryl/α,β-unsaturated/α-hetero) is 1. The van der Waals surface area contributed by atoms with Crippen molar-refractivity contribution >= 4 is 51.7 Å². The number of hydrogen-bond donors (Lipinski definition) is 0. The van der Waals surface area contributed by atoms with Gasteiger partial charge in [-0.05, 0) is 68.6 Å². The Hall–Kier alpha value is -2.79. The summed E-state index contributed by atoms with van der Waals surface area (Å²) in [5.74, 6) is -0.495. The first-order chi connectivity index (χ1) is 16.1. The van der Waals surface area contributed by atoms with Gasteiger partial charge in [-0.1, -0.05) is 83.7 Å². The SMILES string of the molecule is O=C1C(=C2SC=CS2)C(c2ccccc2)c2cc3ccc(F)cc3c(-c3ccc(Cl)cc3)c21. The molecule has 6 rings (SSSR count). The highest BCUT2D eigenvalue weighted by atomic mass is 35.5. The van der Waals surface area contributed by atoms with E-state index in [1.807, 2.05) is 53.3 Å². The Morgan fingerprint density at radius 3 is 2.27 bits per heavy atom. The summed E-state index contributed by atoms with van der Waals surface area (Å²) in [7, 11) is 0. The fourth-order valence-electron chi connectivity index (χ4n) is 4.74. The van der Waals surface area contributed by atoms with E-state index in [4.69, 9.17) is 11.6 Å². The van der Waals surface area contributed by atoms with Crippen LogP contribution in [0, 0.1) is 5.82 Å². The average Bonchev–Trinajstić information content (AvgIpc) is 3.45. The molecule has 0 saturated carbocycles. The number of fused-ring (bicyclic) bond motifs is 2. The molecule has 4 aromatic carbocycles. The van der Waals surface area contributed by atoms with E-state index in [9.17, 15) is 9.18 Å². The molecule has 0 radical (unpaired) electrons. The Bertz CT molecular complexity index is 1480. The van der Waals surface area contributed by atoms with Gasteiger partial charge in [0.2, 0.25) is 0 Å². The summed E-state index contributed by atoms with van der Waals surface area (Å²) in [4.78, 5) is 14.1. The lowest BCUT2D eigenvalue weighted by Gasteiger charge is -2.17. The van der Waals surface area contributed by atoms with Gasteiger partial charge in [0.15, 0.2) is 5.78 Å². The molecule has 1 unspecified atom stereocenters. The van der Waals surface area contributed by atoms with Crippen molar-refractivity contribution < 1.29 is 9.18 Å². The standard InChI is InChI=1S/C28H16ClFOS2/c29-19-9-6-17(7-10-19)23-21-15-20(30)11-8-18(21)14-22-24(16-4-2-1-3-5-16)26(27(31)25(22)23)28-32-12-13-33-28/h1-15,24H. The van der Waals surface area contributed by atoms with Gasteiger partial charge < -0.3 is 0 Å². The monoisotopic (exact) mass is 486 g/mol. The number of ketones is 1. The molecule has 1 aliphatic heterocycles. The van der Waals surface area contributed by atoms with Crippen LogP contribution in [0.3, 0.4) is 0 Å². The molecule has 1 heterocycles. The van der Waals surface area contributed by atoms with Gasteiger partial charge >= 0.3 is 0 Å². The summed E-state index contributed by atoms with van der Waals surface area (Å²) in [5, 5.41) is 6.27. The van der Waals surface area contributed by atoms with Crippen molar-refractivity contribution in [1.82, 2.24) is 0 Å². The van der Waals surface area contributed by atoms with E-state index < -0.39 is 0 Å². The Labute approximate surface area is 204 Å². The average molecular weight is 487 g/mol. The molecular weight excluding hydrogens is 471 g/mol. The second-order valence-corrected chi connectivity index (χ2v) is 10.5. The number of rotatable bonds is 2. The van der Waals surface area contributed by atoms with E-state index in [2.05, 4.69) is 18.2 Å². The van der Waals surface area contributed by atoms with Crippen LogP contribution in [0.25, 0.3) is 21.9 Å². The lowest BCUT2D eigenvalue weighted by molar-refractivity contribution is 0.103. The van der Waals surface area contributed by atoms with Gasteiger partial charge in [-0.25, -0.2) is 4.39 Å². The van der Waals surface area contributed by atoms with Crippen molar-refractivity contribution in [2.24, 2.45) is 0 Å². The first-order valence-electron chi connectivity index (χ1n) is 10.5. The molecule has 0 bridgehead atoms. The molecule has 0 saturated heterocycles. The van der Waals surface area contributed by atoms with Crippen LogP contribution in [-0.4, -0.2) is 5.78 Å². The van der Waals surface area contributed by atoms with Crippen LogP contribution in [-0.2, 0) is 0 Å². The molecule has 160 valence electrons. The van der Waals surface area contributed by atoms with Crippen molar-refractivity contribution in [2.75, 3.05) is 0 Å². The third-order valence-corrected chi connectivity index (χ3v) is 8.51. The smallest absolute Gasteiger partial charge is 0.192 e. The lowest BCUT2D eigenvalue weighted by Crippen LogP contribution is -2.04.